The van der Waals surface area contributed by atoms with E-state index in [1.807, 2.05) is 0 Å². The lowest BCUT2D eigenvalue weighted by Gasteiger charge is -2.29. The summed E-state index contributed by atoms with van der Waals surface area (Å²) in [5.74, 6) is -0.166. The van der Waals surface area contributed by atoms with Crippen molar-refractivity contribution in [2.45, 2.75) is 38.8 Å². The van der Waals surface area contributed by atoms with Crippen molar-refractivity contribution in [3.8, 4) is 11.5 Å². The maximum Gasteiger partial charge on any atom is 0.459 e. The molecule has 4 rings (SSSR count). The van der Waals surface area contributed by atoms with E-state index in [-0.39, 0.29) is 19.0 Å². The van der Waals surface area contributed by atoms with Gasteiger partial charge in [0.15, 0.2) is 12.5 Å². The van der Waals surface area contributed by atoms with Gasteiger partial charge in [-0.2, -0.15) is 5.09 Å². The van der Waals surface area contributed by atoms with Crippen LogP contribution in [0.15, 0.2) is 76.4 Å². The summed E-state index contributed by atoms with van der Waals surface area (Å²) < 4.78 is 43.0. The number of rotatable bonds is 10. The van der Waals surface area contributed by atoms with Crippen LogP contribution in [0.3, 0.4) is 0 Å². The van der Waals surface area contributed by atoms with E-state index in [1.54, 1.807) is 67.6 Å². The standard InChI is InChI=1S/C25H28N3O9P/c1-17-14-28(24(31)26-22(17)29)20-15-33-21(36-20)16-34-38(32,37-19-12-8-5-9-13-19)27-25(2,3)23(30)35-18-10-6-4-7-11-18/h4-14,20-21H,15-16H2,1-3H3,(H,27,32)(H,26,29,31)/t20-,21-,38?/m1/s1. The van der Waals surface area contributed by atoms with Crippen molar-refractivity contribution >= 4 is 13.7 Å². The molecule has 0 saturated carbocycles. The van der Waals surface area contributed by atoms with Gasteiger partial charge < -0.3 is 18.7 Å². The van der Waals surface area contributed by atoms with Gasteiger partial charge in [-0.25, -0.2) is 14.2 Å². The third kappa shape index (κ3) is 6.85. The van der Waals surface area contributed by atoms with E-state index in [2.05, 4.69) is 10.1 Å². The van der Waals surface area contributed by atoms with Crippen molar-refractivity contribution in [3.63, 3.8) is 0 Å². The summed E-state index contributed by atoms with van der Waals surface area (Å²) in [5.41, 5.74) is -2.33. The van der Waals surface area contributed by atoms with Crippen molar-refractivity contribution in [1.29, 1.82) is 0 Å². The lowest BCUT2D eigenvalue weighted by atomic mass is 10.1. The Morgan fingerprint density at radius 2 is 1.74 bits per heavy atom. The van der Waals surface area contributed by atoms with E-state index in [9.17, 15) is 18.9 Å². The molecule has 2 aromatic carbocycles. The summed E-state index contributed by atoms with van der Waals surface area (Å²) in [6.07, 6.45) is -0.496. The Kier molecular flexibility index (Phi) is 8.29. The van der Waals surface area contributed by atoms with Crippen LogP contribution in [0.4, 0.5) is 0 Å². The van der Waals surface area contributed by atoms with Crippen LogP contribution in [0, 0.1) is 6.92 Å². The maximum absolute atomic E-state index is 13.8. The topological polar surface area (TPSA) is 147 Å². The van der Waals surface area contributed by atoms with Gasteiger partial charge in [-0.3, -0.25) is 18.9 Å². The van der Waals surface area contributed by atoms with Crippen LogP contribution in [0.5, 0.6) is 11.5 Å². The highest BCUT2D eigenvalue weighted by molar-refractivity contribution is 7.52. The van der Waals surface area contributed by atoms with Crippen LogP contribution in [0.2, 0.25) is 0 Å². The smallest absolute Gasteiger partial charge is 0.425 e. The Morgan fingerprint density at radius 1 is 1.11 bits per heavy atom. The zero-order chi connectivity index (χ0) is 27.3. The number of para-hydroxylation sites is 2. The number of aromatic amines is 1. The van der Waals surface area contributed by atoms with E-state index in [0.717, 1.165) is 0 Å². The first-order chi connectivity index (χ1) is 18.0. The maximum atomic E-state index is 13.8. The minimum absolute atomic E-state index is 0.0222. The molecule has 0 amide bonds. The Balaban J connectivity index is 1.46. The number of carbonyl (C=O) groups is 1. The quantitative estimate of drug-likeness (QED) is 0.221. The number of aryl methyl sites for hydroxylation is 1. The summed E-state index contributed by atoms with van der Waals surface area (Å²) in [7, 11) is -4.22. The molecule has 202 valence electrons. The second kappa shape index (κ2) is 11.5. The minimum Gasteiger partial charge on any atom is -0.425 e. The summed E-state index contributed by atoms with van der Waals surface area (Å²) in [5, 5.41) is 2.66. The number of H-pyrrole nitrogens is 1. The summed E-state index contributed by atoms with van der Waals surface area (Å²) in [6.45, 7) is 4.12. The average molecular weight is 545 g/mol. The molecule has 0 spiro atoms. The van der Waals surface area contributed by atoms with Crippen LogP contribution in [-0.4, -0.2) is 40.6 Å². The van der Waals surface area contributed by atoms with Crippen molar-refractivity contribution in [2.75, 3.05) is 13.2 Å². The number of carbonyl (C=O) groups excluding carboxylic acids is 1. The lowest BCUT2D eigenvalue weighted by Crippen LogP contribution is -2.48. The molecule has 1 saturated heterocycles. The molecule has 12 nitrogen and oxygen atoms in total. The first-order valence-corrected chi connectivity index (χ1v) is 13.2. The number of esters is 1. The Morgan fingerprint density at radius 3 is 2.39 bits per heavy atom. The van der Waals surface area contributed by atoms with Crippen LogP contribution >= 0.6 is 7.75 Å². The Labute approximate surface area is 218 Å². The van der Waals surface area contributed by atoms with Gasteiger partial charge in [0.05, 0.1) is 6.61 Å². The minimum atomic E-state index is -4.22. The van der Waals surface area contributed by atoms with Gasteiger partial charge in [-0.1, -0.05) is 36.4 Å². The zero-order valence-corrected chi connectivity index (χ0v) is 21.9. The molecule has 2 N–H and O–H groups in total. The molecule has 1 fully saturated rings. The molecule has 1 aromatic heterocycles. The SMILES string of the molecule is Cc1cn([C@H]2CO[C@@H](COP(=O)(NC(C)(C)C(=O)Oc3ccccc3)Oc3ccccc3)O2)c(=O)[nH]c1=O. The van der Waals surface area contributed by atoms with Gasteiger partial charge in [0, 0.05) is 11.8 Å². The van der Waals surface area contributed by atoms with Crippen molar-refractivity contribution in [1.82, 2.24) is 14.6 Å². The molecular weight excluding hydrogens is 517 g/mol. The largest absolute Gasteiger partial charge is 0.459 e. The second-order valence-corrected chi connectivity index (χ2v) is 10.6. The molecule has 1 unspecified atom stereocenters. The highest BCUT2D eigenvalue weighted by atomic mass is 31.2. The monoisotopic (exact) mass is 545 g/mol. The fraction of sp³-hybridized carbons (Fsp3) is 0.320. The molecule has 0 aliphatic carbocycles. The number of nitrogens with one attached hydrogen (secondary N) is 2. The molecule has 1 aliphatic heterocycles. The number of nitrogens with zero attached hydrogens (tertiary/aromatic N) is 1. The molecule has 2 heterocycles. The summed E-state index contributed by atoms with van der Waals surface area (Å²) >= 11 is 0. The van der Waals surface area contributed by atoms with Crippen LogP contribution in [0.1, 0.15) is 25.6 Å². The van der Waals surface area contributed by atoms with Crippen LogP contribution in [-0.2, 0) is 23.4 Å². The molecule has 0 bridgehead atoms. The fourth-order valence-electron chi connectivity index (χ4n) is 3.45. The number of hydrogen-bond acceptors (Lipinski definition) is 9. The van der Waals surface area contributed by atoms with Gasteiger partial charge in [0.1, 0.15) is 23.6 Å². The number of aromatic nitrogens is 2. The third-order valence-electron chi connectivity index (χ3n) is 5.42. The lowest BCUT2D eigenvalue weighted by molar-refractivity contribution is -0.140. The van der Waals surface area contributed by atoms with Gasteiger partial charge >= 0.3 is 19.4 Å². The van der Waals surface area contributed by atoms with Gasteiger partial charge in [-0.15, -0.1) is 0 Å². The number of ether oxygens (including phenoxy) is 3. The number of benzene rings is 2. The van der Waals surface area contributed by atoms with E-state index >= 15 is 0 Å². The second-order valence-electron chi connectivity index (χ2n) is 8.97. The molecule has 3 atom stereocenters. The van der Waals surface area contributed by atoms with Crippen molar-refractivity contribution in [2.24, 2.45) is 0 Å². The highest BCUT2D eigenvalue weighted by Gasteiger charge is 2.42. The summed E-state index contributed by atoms with van der Waals surface area (Å²) in [6, 6.07) is 16.7. The van der Waals surface area contributed by atoms with Gasteiger partial charge in [-0.05, 0) is 45.0 Å². The molecule has 13 heteroatoms. The van der Waals surface area contributed by atoms with E-state index in [0.29, 0.717) is 11.3 Å². The Bertz CT molecular complexity index is 1420. The number of hydrogen-bond donors (Lipinski definition) is 2. The van der Waals surface area contributed by atoms with E-state index in [1.165, 1.54) is 24.6 Å². The van der Waals surface area contributed by atoms with Crippen LogP contribution < -0.4 is 25.6 Å². The predicted octanol–water partition coefficient (Wildman–Crippen LogP) is 2.89. The van der Waals surface area contributed by atoms with Crippen LogP contribution in [0.25, 0.3) is 0 Å². The molecular formula is C25H28N3O9P. The third-order valence-corrected chi connectivity index (χ3v) is 7.19. The van der Waals surface area contributed by atoms with Crippen molar-refractivity contribution in [3.05, 3.63) is 93.3 Å². The normalized spacial score (nSPS) is 19.0. The van der Waals surface area contributed by atoms with Gasteiger partial charge in [0.25, 0.3) is 5.56 Å². The highest BCUT2D eigenvalue weighted by Crippen LogP contribution is 2.47. The fourth-order valence-corrected chi connectivity index (χ4v) is 5.10. The Hall–Kier alpha value is -3.54. The van der Waals surface area contributed by atoms with E-state index in [4.69, 9.17) is 23.3 Å². The summed E-state index contributed by atoms with van der Waals surface area (Å²) in [4.78, 5) is 38.9. The van der Waals surface area contributed by atoms with Gasteiger partial charge in [0.2, 0.25) is 0 Å². The molecule has 38 heavy (non-hydrogen) atoms. The van der Waals surface area contributed by atoms with Crippen molar-refractivity contribution < 1.29 is 32.6 Å². The first-order valence-electron chi connectivity index (χ1n) is 11.7. The van der Waals surface area contributed by atoms with E-state index < -0.39 is 43.0 Å². The zero-order valence-electron chi connectivity index (χ0n) is 21.0. The molecule has 1 aliphatic rings. The molecule has 0 radical (unpaired) electrons. The predicted molar refractivity (Wildman–Crippen MR) is 136 cm³/mol. The first kappa shape index (κ1) is 27.5. The average Bonchev–Trinajstić information content (AvgIpc) is 3.35. The molecule has 3 aromatic rings.